The Morgan fingerprint density at radius 1 is 1.21 bits per heavy atom. The molecule has 3 unspecified atom stereocenters. The van der Waals surface area contributed by atoms with Gasteiger partial charge in [-0.3, -0.25) is 9.59 Å². The number of phenolic OH excluding ortho intramolecular Hbond substituents is 1. The number of carbonyl (C=O) groups excluding carboxylic acids is 2. The Bertz CT molecular complexity index is 931. The molecular formula is C21H22N2O6. The van der Waals surface area contributed by atoms with Crippen molar-refractivity contribution in [3.05, 3.63) is 47.5 Å². The third kappa shape index (κ3) is 4.03. The summed E-state index contributed by atoms with van der Waals surface area (Å²) in [5.41, 5.74) is 1.77. The van der Waals surface area contributed by atoms with Crippen LogP contribution in [0.3, 0.4) is 0 Å². The molecule has 2 aliphatic heterocycles. The van der Waals surface area contributed by atoms with Crippen LogP contribution in [0.5, 0.6) is 17.2 Å². The van der Waals surface area contributed by atoms with Gasteiger partial charge in [0.15, 0.2) is 17.3 Å². The zero-order chi connectivity index (χ0) is 20.4. The van der Waals surface area contributed by atoms with Gasteiger partial charge in [-0.15, -0.1) is 0 Å². The van der Waals surface area contributed by atoms with Crippen LogP contribution in [0.15, 0.2) is 36.4 Å². The Hall–Kier alpha value is -3.10. The van der Waals surface area contributed by atoms with E-state index >= 15 is 0 Å². The van der Waals surface area contributed by atoms with Crippen LogP contribution < -0.4 is 20.1 Å². The predicted molar refractivity (Wildman–Crippen MR) is 104 cm³/mol. The molecule has 3 atom stereocenters. The van der Waals surface area contributed by atoms with Crippen LogP contribution in [0.2, 0.25) is 0 Å². The number of amides is 1. The Morgan fingerprint density at radius 2 is 2.03 bits per heavy atom. The summed E-state index contributed by atoms with van der Waals surface area (Å²) in [5.74, 6) is 1.41. The van der Waals surface area contributed by atoms with Crippen molar-refractivity contribution >= 4 is 17.9 Å². The number of anilines is 1. The summed E-state index contributed by atoms with van der Waals surface area (Å²) in [5, 5.41) is 26.0. The van der Waals surface area contributed by atoms with Crippen LogP contribution in [0.4, 0.5) is 5.69 Å². The molecule has 0 aliphatic carbocycles. The van der Waals surface area contributed by atoms with E-state index in [2.05, 4.69) is 10.6 Å². The molecule has 152 valence electrons. The van der Waals surface area contributed by atoms with E-state index in [0.29, 0.717) is 30.6 Å². The van der Waals surface area contributed by atoms with Crippen molar-refractivity contribution in [3.8, 4) is 17.2 Å². The van der Waals surface area contributed by atoms with Crippen LogP contribution in [0.25, 0.3) is 0 Å². The van der Waals surface area contributed by atoms with Crippen LogP contribution in [0, 0.1) is 0 Å². The highest BCUT2D eigenvalue weighted by Gasteiger charge is 2.36. The number of benzene rings is 2. The fourth-order valence-corrected chi connectivity index (χ4v) is 3.77. The first-order chi connectivity index (χ1) is 14.0. The van der Waals surface area contributed by atoms with Crippen molar-refractivity contribution in [2.24, 2.45) is 0 Å². The predicted octanol–water partition coefficient (Wildman–Crippen LogP) is 1.66. The lowest BCUT2D eigenvalue weighted by Crippen LogP contribution is -2.35. The number of rotatable bonds is 7. The average molecular weight is 398 g/mol. The molecule has 8 nitrogen and oxygen atoms in total. The van der Waals surface area contributed by atoms with Gasteiger partial charge in [-0.2, -0.15) is 0 Å². The van der Waals surface area contributed by atoms with Crippen molar-refractivity contribution in [2.75, 3.05) is 12.1 Å². The summed E-state index contributed by atoms with van der Waals surface area (Å²) >= 11 is 0. The summed E-state index contributed by atoms with van der Waals surface area (Å²) in [6, 6.07) is 9.44. The highest BCUT2D eigenvalue weighted by molar-refractivity contribution is 5.87. The molecule has 0 aromatic heterocycles. The molecule has 0 saturated carbocycles. The molecule has 2 heterocycles. The number of aliphatic hydroxyl groups excluding tert-OH is 1. The topological polar surface area (TPSA) is 117 Å². The lowest BCUT2D eigenvalue weighted by molar-refractivity contribution is -0.119. The number of fused-ring (bicyclic) bond motifs is 1. The van der Waals surface area contributed by atoms with Crippen LogP contribution in [-0.2, 0) is 16.0 Å². The van der Waals surface area contributed by atoms with E-state index < -0.39 is 12.1 Å². The molecule has 0 spiro atoms. The minimum Gasteiger partial charge on any atom is -0.506 e. The summed E-state index contributed by atoms with van der Waals surface area (Å²) in [7, 11) is 0. The average Bonchev–Trinajstić information content (AvgIpc) is 3.33. The summed E-state index contributed by atoms with van der Waals surface area (Å²) in [6.45, 7) is 0.225. The van der Waals surface area contributed by atoms with Gasteiger partial charge < -0.3 is 30.3 Å². The summed E-state index contributed by atoms with van der Waals surface area (Å²) < 4.78 is 10.7. The molecule has 2 aromatic rings. The number of aryl methyl sites for hydroxylation is 1. The molecular weight excluding hydrogens is 376 g/mol. The van der Waals surface area contributed by atoms with Crippen molar-refractivity contribution in [1.82, 2.24) is 5.32 Å². The number of hydrogen-bond acceptors (Lipinski definition) is 7. The SMILES string of the molecule is O=CNc1cc(C(O)C2CC(=O)C(CCc3ccc4c(c3)OCO4)N2)ccc1O. The number of phenols is 1. The van der Waals surface area contributed by atoms with E-state index in [-0.39, 0.29) is 36.5 Å². The molecule has 1 amide bonds. The third-order valence-electron chi connectivity index (χ3n) is 5.34. The van der Waals surface area contributed by atoms with Gasteiger partial charge >= 0.3 is 0 Å². The highest BCUT2D eigenvalue weighted by atomic mass is 16.7. The van der Waals surface area contributed by atoms with Crippen LogP contribution >= 0.6 is 0 Å². The van der Waals surface area contributed by atoms with E-state index in [4.69, 9.17) is 9.47 Å². The van der Waals surface area contributed by atoms with E-state index in [1.165, 1.54) is 12.1 Å². The molecule has 29 heavy (non-hydrogen) atoms. The van der Waals surface area contributed by atoms with Crippen molar-refractivity contribution in [3.63, 3.8) is 0 Å². The lowest BCUT2D eigenvalue weighted by atomic mass is 9.99. The normalized spacial score (nSPS) is 21.2. The standard InChI is InChI=1S/C21H22N2O6/c24-10-22-15-8-13(3-5-17(15)25)21(27)16-9-18(26)14(23-16)4-1-12-2-6-19-20(7-12)29-11-28-19/h2-3,5-8,10,14,16,21,23,25,27H,1,4,9,11H2,(H,22,24). The third-order valence-corrected chi connectivity index (χ3v) is 5.34. The van der Waals surface area contributed by atoms with Crippen molar-refractivity contribution in [2.45, 2.75) is 37.5 Å². The Labute approximate surface area is 167 Å². The molecule has 2 aromatic carbocycles. The van der Waals surface area contributed by atoms with Gasteiger partial charge in [0, 0.05) is 12.5 Å². The molecule has 8 heteroatoms. The molecule has 1 fully saturated rings. The van der Waals surface area contributed by atoms with E-state index in [1.54, 1.807) is 6.07 Å². The van der Waals surface area contributed by atoms with E-state index in [0.717, 1.165) is 11.3 Å². The molecule has 0 radical (unpaired) electrons. The van der Waals surface area contributed by atoms with Gasteiger partial charge in [0.25, 0.3) is 0 Å². The first-order valence-corrected chi connectivity index (χ1v) is 9.43. The first kappa shape index (κ1) is 19.2. The molecule has 2 aliphatic rings. The molecule has 4 N–H and O–H groups in total. The monoisotopic (exact) mass is 398 g/mol. The van der Waals surface area contributed by atoms with E-state index in [9.17, 15) is 19.8 Å². The second-order valence-electron chi connectivity index (χ2n) is 7.21. The van der Waals surface area contributed by atoms with Gasteiger partial charge in [-0.1, -0.05) is 12.1 Å². The smallest absolute Gasteiger partial charge is 0.231 e. The minimum atomic E-state index is -0.942. The van der Waals surface area contributed by atoms with Gasteiger partial charge in [0.05, 0.1) is 17.8 Å². The van der Waals surface area contributed by atoms with Crippen molar-refractivity contribution in [1.29, 1.82) is 0 Å². The van der Waals surface area contributed by atoms with Crippen molar-refractivity contribution < 1.29 is 29.3 Å². The van der Waals surface area contributed by atoms with Gasteiger partial charge in [-0.05, 0) is 48.2 Å². The Balaban J connectivity index is 1.38. The lowest BCUT2D eigenvalue weighted by Gasteiger charge is -2.20. The number of ether oxygens (including phenoxy) is 2. The Kier molecular flexibility index (Phi) is 5.37. The zero-order valence-corrected chi connectivity index (χ0v) is 15.6. The fourth-order valence-electron chi connectivity index (χ4n) is 3.77. The number of nitrogens with one attached hydrogen (secondary N) is 2. The largest absolute Gasteiger partial charge is 0.506 e. The maximum absolute atomic E-state index is 12.4. The van der Waals surface area contributed by atoms with E-state index in [1.807, 2.05) is 18.2 Å². The number of carbonyl (C=O) groups is 2. The number of aromatic hydroxyl groups is 1. The first-order valence-electron chi connectivity index (χ1n) is 9.43. The van der Waals surface area contributed by atoms with Crippen LogP contribution in [0.1, 0.15) is 30.1 Å². The second kappa shape index (κ2) is 8.10. The van der Waals surface area contributed by atoms with Crippen LogP contribution in [-0.4, -0.2) is 41.3 Å². The summed E-state index contributed by atoms with van der Waals surface area (Å²) in [6.07, 6.45) is 1.02. The maximum Gasteiger partial charge on any atom is 0.231 e. The molecule has 1 saturated heterocycles. The second-order valence-corrected chi connectivity index (χ2v) is 7.21. The number of aliphatic hydroxyl groups is 1. The maximum atomic E-state index is 12.4. The minimum absolute atomic E-state index is 0.0554. The quantitative estimate of drug-likeness (QED) is 0.414. The van der Waals surface area contributed by atoms with Gasteiger partial charge in [0.2, 0.25) is 13.2 Å². The zero-order valence-electron chi connectivity index (χ0n) is 15.6. The highest BCUT2D eigenvalue weighted by Crippen LogP contribution is 2.34. The Morgan fingerprint density at radius 3 is 2.86 bits per heavy atom. The molecule has 4 rings (SSSR count). The number of hydrogen-bond donors (Lipinski definition) is 4. The summed E-state index contributed by atoms with van der Waals surface area (Å²) in [4.78, 5) is 23.1. The molecule has 0 bridgehead atoms. The fraction of sp³-hybridized carbons (Fsp3) is 0.333. The number of Topliss-reactive ketones (excluding diaryl/α,β-unsaturated/α-hetero) is 1. The van der Waals surface area contributed by atoms with Gasteiger partial charge in [-0.25, -0.2) is 0 Å². The number of ketones is 1. The van der Waals surface area contributed by atoms with Gasteiger partial charge in [0.1, 0.15) is 5.75 Å².